The van der Waals surface area contributed by atoms with Gasteiger partial charge in [0.25, 0.3) is 0 Å². The van der Waals surface area contributed by atoms with Crippen LogP contribution in [0.15, 0.2) is 30.3 Å². The average molecular weight is 281 g/mol. The molecule has 1 amide bonds. The second-order valence-electron chi connectivity index (χ2n) is 4.65. The number of nitrogens with zero attached hydrogens (tertiary/aromatic N) is 1. The van der Waals surface area contributed by atoms with Crippen molar-refractivity contribution >= 4 is 6.09 Å². The van der Waals surface area contributed by atoms with Crippen molar-refractivity contribution in [2.45, 2.75) is 18.8 Å². The van der Waals surface area contributed by atoms with Crippen LogP contribution in [0.2, 0.25) is 0 Å². The maximum absolute atomic E-state index is 11.9. The fourth-order valence-electron chi connectivity index (χ4n) is 2.00. The maximum Gasteiger partial charge on any atom is 0.410 e. The molecule has 6 nitrogen and oxygen atoms in total. The van der Waals surface area contributed by atoms with Crippen molar-refractivity contribution in [3.05, 3.63) is 35.9 Å². The average Bonchev–Trinajstić information content (AvgIpc) is 2.53. The minimum absolute atomic E-state index is 0.213. The number of rotatable bonds is 4. The van der Waals surface area contributed by atoms with E-state index in [1.165, 1.54) is 4.90 Å². The number of amides is 1. The van der Waals surface area contributed by atoms with Crippen LogP contribution >= 0.6 is 0 Å². The first kappa shape index (κ1) is 14.8. The molecule has 1 aliphatic heterocycles. The molecule has 2 N–H and O–H groups in total. The number of carbonyl (C=O) groups is 1. The standard InChI is InChI=1S/C14H19NO5/c16-9-12(17)13-8-15(6-7-19-13)14(18)20-10-11-4-2-1-3-5-11/h1-5,12-13,16-17H,6-10H2/t12-,13-/m0/s1. The van der Waals surface area contributed by atoms with E-state index in [4.69, 9.17) is 14.6 Å². The van der Waals surface area contributed by atoms with E-state index in [2.05, 4.69) is 0 Å². The number of morpholine rings is 1. The van der Waals surface area contributed by atoms with E-state index in [0.29, 0.717) is 13.2 Å². The fourth-order valence-corrected chi connectivity index (χ4v) is 2.00. The highest BCUT2D eigenvalue weighted by Gasteiger charge is 2.29. The van der Waals surface area contributed by atoms with Gasteiger partial charge in [-0.1, -0.05) is 30.3 Å². The molecule has 1 saturated heterocycles. The molecule has 2 rings (SSSR count). The van der Waals surface area contributed by atoms with E-state index in [1.807, 2.05) is 30.3 Å². The summed E-state index contributed by atoms with van der Waals surface area (Å²) in [7, 11) is 0. The zero-order valence-electron chi connectivity index (χ0n) is 11.1. The third kappa shape index (κ3) is 3.93. The summed E-state index contributed by atoms with van der Waals surface area (Å²) in [6.45, 7) is 0.779. The van der Waals surface area contributed by atoms with Gasteiger partial charge in [-0.15, -0.1) is 0 Å². The lowest BCUT2D eigenvalue weighted by molar-refractivity contribution is -0.0972. The van der Waals surface area contributed by atoms with Crippen LogP contribution in [0.5, 0.6) is 0 Å². The number of benzene rings is 1. The summed E-state index contributed by atoms with van der Waals surface area (Å²) in [5, 5.41) is 18.4. The topological polar surface area (TPSA) is 79.2 Å². The number of aliphatic hydroxyl groups excluding tert-OH is 2. The van der Waals surface area contributed by atoms with Crippen LogP contribution in [0.25, 0.3) is 0 Å². The van der Waals surface area contributed by atoms with Gasteiger partial charge in [-0.05, 0) is 5.56 Å². The Morgan fingerprint density at radius 1 is 1.45 bits per heavy atom. The molecule has 1 aromatic rings. The van der Waals surface area contributed by atoms with Gasteiger partial charge in [-0.25, -0.2) is 4.79 Å². The van der Waals surface area contributed by atoms with Gasteiger partial charge in [-0.2, -0.15) is 0 Å². The Kier molecular flexibility index (Phi) is 5.34. The van der Waals surface area contributed by atoms with Crippen LogP contribution in [0.3, 0.4) is 0 Å². The highest BCUT2D eigenvalue weighted by atomic mass is 16.6. The second kappa shape index (κ2) is 7.23. The third-order valence-corrected chi connectivity index (χ3v) is 3.17. The molecular weight excluding hydrogens is 262 g/mol. The Labute approximate surface area is 117 Å². The van der Waals surface area contributed by atoms with Crippen molar-refractivity contribution in [1.82, 2.24) is 4.90 Å². The van der Waals surface area contributed by atoms with E-state index >= 15 is 0 Å². The molecule has 2 atom stereocenters. The van der Waals surface area contributed by atoms with E-state index in [1.54, 1.807) is 0 Å². The molecule has 1 aromatic carbocycles. The highest BCUT2D eigenvalue weighted by Crippen LogP contribution is 2.11. The highest BCUT2D eigenvalue weighted by molar-refractivity contribution is 5.67. The first-order valence-electron chi connectivity index (χ1n) is 6.57. The van der Waals surface area contributed by atoms with Crippen LogP contribution in [0.1, 0.15) is 5.56 Å². The van der Waals surface area contributed by atoms with E-state index in [9.17, 15) is 9.90 Å². The van der Waals surface area contributed by atoms with Gasteiger partial charge in [0.05, 0.1) is 19.8 Å². The van der Waals surface area contributed by atoms with E-state index in [0.717, 1.165) is 5.56 Å². The van der Waals surface area contributed by atoms with Crippen LogP contribution in [-0.4, -0.2) is 59.7 Å². The number of hydrogen-bond acceptors (Lipinski definition) is 5. The summed E-state index contributed by atoms with van der Waals surface area (Å²) in [5.41, 5.74) is 0.918. The second-order valence-corrected chi connectivity index (χ2v) is 4.65. The number of carbonyl (C=O) groups excluding carboxylic acids is 1. The van der Waals surface area contributed by atoms with Crippen LogP contribution < -0.4 is 0 Å². The summed E-state index contributed by atoms with van der Waals surface area (Å²) < 4.78 is 10.5. The molecule has 0 saturated carbocycles. The zero-order chi connectivity index (χ0) is 14.4. The molecular formula is C14H19NO5. The third-order valence-electron chi connectivity index (χ3n) is 3.17. The smallest absolute Gasteiger partial charge is 0.410 e. The summed E-state index contributed by atoms with van der Waals surface area (Å²) in [6.07, 6.45) is -2.00. The predicted octanol–water partition coefficient (Wildman–Crippen LogP) is 0.377. The molecule has 1 fully saturated rings. The molecule has 110 valence electrons. The van der Waals surface area contributed by atoms with Gasteiger partial charge >= 0.3 is 6.09 Å². The molecule has 0 spiro atoms. The lowest BCUT2D eigenvalue weighted by Gasteiger charge is -2.34. The van der Waals surface area contributed by atoms with Crippen molar-refractivity contribution in [3.63, 3.8) is 0 Å². The molecule has 0 aromatic heterocycles. The number of aliphatic hydroxyl groups is 2. The van der Waals surface area contributed by atoms with Crippen LogP contribution in [0, 0.1) is 0 Å². The monoisotopic (exact) mass is 281 g/mol. The summed E-state index contributed by atoms with van der Waals surface area (Å²) in [5.74, 6) is 0. The van der Waals surface area contributed by atoms with Crippen LogP contribution in [0.4, 0.5) is 4.79 Å². The molecule has 0 radical (unpaired) electrons. The van der Waals surface area contributed by atoms with Crippen LogP contribution in [-0.2, 0) is 16.1 Å². The first-order chi connectivity index (χ1) is 9.70. The molecule has 0 aliphatic carbocycles. The Hall–Kier alpha value is -1.63. The minimum Gasteiger partial charge on any atom is -0.445 e. The molecule has 20 heavy (non-hydrogen) atoms. The lowest BCUT2D eigenvalue weighted by Crippen LogP contribution is -2.50. The van der Waals surface area contributed by atoms with Gasteiger partial charge in [0, 0.05) is 6.54 Å². The Morgan fingerprint density at radius 2 is 2.20 bits per heavy atom. The van der Waals surface area contributed by atoms with Gasteiger partial charge in [0.15, 0.2) is 0 Å². The summed E-state index contributed by atoms with van der Waals surface area (Å²) >= 11 is 0. The van der Waals surface area contributed by atoms with Crippen molar-refractivity contribution < 1.29 is 24.5 Å². The molecule has 1 heterocycles. The normalized spacial score (nSPS) is 20.5. The molecule has 0 bridgehead atoms. The quantitative estimate of drug-likeness (QED) is 0.834. The zero-order valence-corrected chi connectivity index (χ0v) is 11.1. The van der Waals surface area contributed by atoms with Gasteiger partial charge in [-0.3, -0.25) is 0 Å². The molecule has 0 unspecified atom stereocenters. The Balaban J connectivity index is 1.83. The lowest BCUT2D eigenvalue weighted by atomic mass is 10.2. The van der Waals surface area contributed by atoms with E-state index < -0.39 is 24.9 Å². The van der Waals surface area contributed by atoms with Gasteiger partial charge in [0.2, 0.25) is 0 Å². The van der Waals surface area contributed by atoms with Crippen molar-refractivity contribution in [1.29, 1.82) is 0 Å². The largest absolute Gasteiger partial charge is 0.445 e. The molecule has 1 aliphatic rings. The Morgan fingerprint density at radius 3 is 2.90 bits per heavy atom. The maximum atomic E-state index is 11.9. The number of hydrogen-bond donors (Lipinski definition) is 2. The van der Waals surface area contributed by atoms with Crippen molar-refractivity contribution in [2.75, 3.05) is 26.3 Å². The van der Waals surface area contributed by atoms with Crippen molar-refractivity contribution in [2.24, 2.45) is 0 Å². The SMILES string of the molecule is O=C(OCc1ccccc1)N1CCO[C@H]([C@@H](O)CO)C1. The fraction of sp³-hybridized carbons (Fsp3) is 0.500. The van der Waals surface area contributed by atoms with Crippen molar-refractivity contribution in [3.8, 4) is 0 Å². The van der Waals surface area contributed by atoms with Gasteiger partial charge < -0.3 is 24.6 Å². The predicted molar refractivity (Wildman–Crippen MR) is 71.0 cm³/mol. The Bertz CT molecular complexity index is 425. The summed E-state index contributed by atoms with van der Waals surface area (Å²) in [6, 6.07) is 9.42. The molecule has 6 heteroatoms. The number of ether oxygens (including phenoxy) is 2. The van der Waals surface area contributed by atoms with Gasteiger partial charge in [0.1, 0.15) is 18.8 Å². The summed E-state index contributed by atoms with van der Waals surface area (Å²) in [4.78, 5) is 13.4. The first-order valence-corrected chi connectivity index (χ1v) is 6.57. The van der Waals surface area contributed by atoms with E-state index in [-0.39, 0.29) is 13.2 Å². The minimum atomic E-state index is -0.986.